The van der Waals surface area contributed by atoms with E-state index in [2.05, 4.69) is 31.4 Å². The maximum absolute atomic E-state index is 4.01. The Labute approximate surface area is 120 Å². The highest BCUT2D eigenvalue weighted by Crippen LogP contribution is 2.31. The second kappa shape index (κ2) is 7.64. The summed E-state index contributed by atoms with van der Waals surface area (Å²) in [6, 6.07) is 2.24. The fraction of sp³-hybridized carbons (Fsp3) is 1.00. The standard InChI is InChI=1S/C17H34N2/c1-4-14(5-2)13(3)19-17-10-7-6-9-15(17)16-11-8-12-18-16/h13-19H,4-12H2,1-3H3. The van der Waals surface area contributed by atoms with E-state index in [-0.39, 0.29) is 0 Å². The minimum atomic E-state index is 0.682. The Morgan fingerprint density at radius 1 is 1.05 bits per heavy atom. The molecule has 2 rings (SSSR count). The summed E-state index contributed by atoms with van der Waals surface area (Å²) in [7, 11) is 0. The Morgan fingerprint density at radius 3 is 2.42 bits per heavy atom. The van der Waals surface area contributed by atoms with Crippen LogP contribution in [-0.2, 0) is 0 Å². The lowest BCUT2D eigenvalue weighted by molar-refractivity contribution is 0.185. The Hall–Kier alpha value is -0.0800. The molecule has 1 aliphatic carbocycles. The SMILES string of the molecule is CCC(CC)C(C)NC1CCCCC1C1CCCN1. The van der Waals surface area contributed by atoms with E-state index in [1.54, 1.807) is 0 Å². The molecule has 4 unspecified atom stereocenters. The van der Waals surface area contributed by atoms with E-state index in [9.17, 15) is 0 Å². The van der Waals surface area contributed by atoms with Gasteiger partial charge in [-0.2, -0.15) is 0 Å². The van der Waals surface area contributed by atoms with Crippen LogP contribution in [0.5, 0.6) is 0 Å². The van der Waals surface area contributed by atoms with E-state index in [1.807, 2.05) is 0 Å². The highest BCUT2D eigenvalue weighted by Gasteiger charge is 2.34. The van der Waals surface area contributed by atoms with Crippen molar-refractivity contribution >= 4 is 0 Å². The minimum Gasteiger partial charge on any atom is -0.314 e. The molecule has 1 saturated carbocycles. The van der Waals surface area contributed by atoms with Crippen LogP contribution in [0.2, 0.25) is 0 Å². The van der Waals surface area contributed by atoms with Crippen molar-refractivity contribution in [3.8, 4) is 0 Å². The second-order valence-electron chi connectivity index (χ2n) is 6.79. The summed E-state index contributed by atoms with van der Waals surface area (Å²) in [6.45, 7) is 8.33. The predicted molar refractivity (Wildman–Crippen MR) is 83.4 cm³/mol. The van der Waals surface area contributed by atoms with Crippen molar-refractivity contribution in [3.63, 3.8) is 0 Å². The zero-order chi connectivity index (χ0) is 13.7. The van der Waals surface area contributed by atoms with Crippen LogP contribution in [-0.4, -0.2) is 24.7 Å². The zero-order valence-electron chi connectivity index (χ0n) is 13.3. The van der Waals surface area contributed by atoms with E-state index in [0.717, 1.165) is 23.9 Å². The molecular weight excluding hydrogens is 232 g/mol. The lowest BCUT2D eigenvalue weighted by Crippen LogP contribution is -2.51. The smallest absolute Gasteiger partial charge is 0.0113 e. The third-order valence-corrected chi connectivity index (χ3v) is 5.67. The lowest BCUT2D eigenvalue weighted by atomic mass is 9.78. The molecule has 0 aromatic rings. The third kappa shape index (κ3) is 3.95. The lowest BCUT2D eigenvalue weighted by Gasteiger charge is -2.39. The van der Waals surface area contributed by atoms with Gasteiger partial charge < -0.3 is 10.6 Å². The highest BCUT2D eigenvalue weighted by molar-refractivity contribution is 4.92. The maximum atomic E-state index is 4.01. The largest absolute Gasteiger partial charge is 0.314 e. The zero-order valence-corrected chi connectivity index (χ0v) is 13.3. The fourth-order valence-corrected chi connectivity index (χ4v) is 4.39. The molecule has 0 amide bonds. The van der Waals surface area contributed by atoms with Crippen LogP contribution >= 0.6 is 0 Å². The maximum Gasteiger partial charge on any atom is 0.0113 e. The highest BCUT2D eigenvalue weighted by atomic mass is 15.0. The van der Waals surface area contributed by atoms with Gasteiger partial charge in [-0.15, -0.1) is 0 Å². The molecule has 2 heteroatoms. The van der Waals surface area contributed by atoms with Crippen LogP contribution in [0.1, 0.15) is 72.1 Å². The normalized spacial score (nSPS) is 33.8. The van der Waals surface area contributed by atoms with E-state index in [4.69, 9.17) is 0 Å². The summed E-state index contributed by atoms with van der Waals surface area (Å²) >= 11 is 0. The Morgan fingerprint density at radius 2 is 1.79 bits per heavy atom. The summed E-state index contributed by atoms with van der Waals surface area (Å²) in [5.74, 6) is 1.73. The first-order valence-electron chi connectivity index (χ1n) is 8.75. The Balaban J connectivity index is 1.91. The Kier molecular flexibility index (Phi) is 6.15. The first-order valence-corrected chi connectivity index (χ1v) is 8.75. The number of hydrogen-bond donors (Lipinski definition) is 2. The van der Waals surface area contributed by atoms with Gasteiger partial charge in [0.25, 0.3) is 0 Å². The molecule has 0 radical (unpaired) electrons. The van der Waals surface area contributed by atoms with Crippen LogP contribution in [0.15, 0.2) is 0 Å². The van der Waals surface area contributed by atoms with Gasteiger partial charge in [0.05, 0.1) is 0 Å². The van der Waals surface area contributed by atoms with Crippen LogP contribution < -0.4 is 10.6 Å². The summed E-state index contributed by atoms with van der Waals surface area (Å²) in [6.07, 6.45) is 11.1. The van der Waals surface area contributed by atoms with Crippen LogP contribution in [0.25, 0.3) is 0 Å². The van der Waals surface area contributed by atoms with Gasteiger partial charge in [-0.3, -0.25) is 0 Å². The summed E-state index contributed by atoms with van der Waals surface area (Å²) in [4.78, 5) is 0. The number of nitrogens with one attached hydrogen (secondary N) is 2. The van der Waals surface area contributed by atoms with Crippen LogP contribution in [0.3, 0.4) is 0 Å². The van der Waals surface area contributed by atoms with E-state index < -0.39 is 0 Å². The molecule has 112 valence electrons. The van der Waals surface area contributed by atoms with Crippen molar-refractivity contribution < 1.29 is 0 Å². The van der Waals surface area contributed by atoms with Crippen LogP contribution in [0, 0.1) is 11.8 Å². The van der Waals surface area contributed by atoms with E-state index in [1.165, 1.54) is 57.9 Å². The molecule has 1 aliphatic heterocycles. The van der Waals surface area contributed by atoms with Crippen molar-refractivity contribution in [3.05, 3.63) is 0 Å². The average Bonchev–Trinajstić information content (AvgIpc) is 2.94. The van der Waals surface area contributed by atoms with Crippen molar-refractivity contribution in [2.45, 2.75) is 90.3 Å². The van der Waals surface area contributed by atoms with Gasteiger partial charge in [0.15, 0.2) is 0 Å². The van der Waals surface area contributed by atoms with Crippen molar-refractivity contribution in [1.82, 2.24) is 10.6 Å². The quantitative estimate of drug-likeness (QED) is 0.766. The van der Waals surface area contributed by atoms with Gasteiger partial charge in [0.1, 0.15) is 0 Å². The molecule has 0 aromatic carbocycles. The second-order valence-corrected chi connectivity index (χ2v) is 6.79. The number of rotatable bonds is 6. The predicted octanol–water partition coefficient (Wildman–Crippen LogP) is 3.71. The molecule has 2 N–H and O–H groups in total. The third-order valence-electron chi connectivity index (χ3n) is 5.67. The molecule has 0 bridgehead atoms. The monoisotopic (exact) mass is 266 g/mol. The molecule has 1 heterocycles. The molecule has 1 saturated heterocycles. The molecule has 4 atom stereocenters. The van der Waals surface area contributed by atoms with Gasteiger partial charge >= 0.3 is 0 Å². The first kappa shape index (κ1) is 15.3. The minimum absolute atomic E-state index is 0.682. The van der Waals surface area contributed by atoms with Crippen molar-refractivity contribution in [2.24, 2.45) is 11.8 Å². The molecule has 2 aliphatic rings. The number of hydrogen-bond acceptors (Lipinski definition) is 2. The van der Waals surface area contributed by atoms with Gasteiger partial charge in [-0.25, -0.2) is 0 Å². The van der Waals surface area contributed by atoms with Gasteiger partial charge in [0, 0.05) is 18.1 Å². The molecular formula is C17H34N2. The van der Waals surface area contributed by atoms with Crippen molar-refractivity contribution in [2.75, 3.05) is 6.54 Å². The van der Waals surface area contributed by atoms with Crippen LogP contribution in [0.4, 0.5) is 0 Å². The topological polar surface area (TPSA) is 24.1 Å². The van der Waals surface area contributed by atoms with E-state index in [0.29, 0.717) is 6.04 Å². The molecule has 0 spiro atoms. The van der Waals surface area contributed by atoms with Gasteiger partial charge in [-0.1, -0.05) is 39.5 Å². The fourth-order valence-electron chi connectivity index (χ4n) is 4.39. The molecule has 0 aromatic heterocycles. The average molecular weight is 266 g/mol. The van der Waals surface area contributed by atoms with E-state index >= 15 is 0 Å². The Bertz CT molecular complexity index is 244. The molecule has 19 heavy (non-hydrogen) atoms. The van der Waals surface area contributed by atoms with Gasteiger partial charge in [-0.05, 0) is 51.0 Å². The van der Waals surface area contributed by atoms with Gasteiger partial charge in [0.2, 0.25) is 0 Å². The molecule has 2 nitrogen and oxygen atoms in total. The van der Waals surface area contributed by atoms with Crippen molar-refractivity contribution in [1.29, 1.82) is 0 Å². The molecule has 2 fully saturated rings. The summed E-state index contributed by atoms with van der Waals surface area (Å²) < 4.78 is 0. The summed E-state index contributed by atoms with van der Waals surface area (Å²) in [5, 5.41) is 7.75. The summed E-state index contributed by atoms with van der Waals surface area (Å²) in [5.41, 5.74) is 0. The first-order chi connectivity index (χ1) is 9.26.